The maximum Gasteiger partial charge on any atom is 0.247 e. The number of aryl methyl sites for hydroxylation is 2. The van der Waals surface area contributed by atoms with E-state index in [-0.39, 0.29) is 42.6 Å². The van der Waals surface area contributed by atoms with Gasteiger partial charge in [-0.05, 0) is 13.8 Å². The molecule has 21 heavy (non-hydrogen) atoms. The van der Waals surface area contributed by atoms with Crippen LogP contribution in [0, 0.1) is 13.8 Å². The largest absolute Gasteiger partial charge is 0.465 e. The van der Waals surface area contributed by atoms with Crippen molar-refractivity contribution < 1.29 is 27.4 Å². The van der Waals surface area contributed by atoms with E-state index in [2.05, 4.69) is 0 Å². The SMILES string of the molecule is COC1CN(S(=O)(=O)c2c(C)oc(C)c2CO)CC1OC. The lowest BCUT2D eigenvalue weighted by atomic mass is 10.2. The van der Waals surface area contributed by atoms with Gasteiger partial charge in [0.2, 0.25) is 10.0 Å². The van der Waals surface area contributed by atoms with E-state index < -0.39 is 10.0 Å². The third kappa shape index (κ3) is 2.74. The van der Waals surface area contributed by atoms with Crippen LogP contribution in [0.4, 0.5) is 0 Å². The summed E-state index contributed by atoms with van der Waals surface area (Å²) < 4.78 is 42.8. The average Bonchev–Trinajstić information content (AvgIpc) is 2.99. The standard InChI is InChI=1S/C13H21NO6S/c1-8-10(7-15)13(9(2)20-8)21(16,17)14-5-11(18-3)12(6-14)19-4/h11-12,15H,5-7H2,1-4H3. The second kappa shape index (κ2) is 6.05. The second-order valence-electron chi connectivity index (χ2n) is 5.05. The molecular weight excluding hydrogens is 298 g/mol. The fraction of sp³-hybridized carbons (Fsp3) is 0.692. The van der Waals surface area contributed by atoms with Gasteiger partial charge >= 0.3 is 0 Å². The van der Waals surface area contributed by atoms with Crippen LogP contribution in [0.5, 0.6) is 0 Å². The number of hydrogen-bond acceptors (Lipinski definition) is 6. The number of aliphatic hydroxyl groups excluding tert-OH is 1. The molecule has 1 aromatic heterocycles. The molecule has 2 heterocycles. The number of hydrogen-bond donors (Lipinski definition) is 1. The second-order valence-corrected chi connectivity index (χ2v) is 6.93. The summed E-state index contributed by atoms with van der Waals surface area (Å²) in [4.78, 5) is 0.0501. The van der Waals surface area contributed by atoms with Gasteiger partial charge in [-0.15, -0.1) is 0 Å². The lowest BCUT2D eigenvalue weighted by Gasteiger charge is -2.16. The number of methoxy groups -OCH3 is 2. The van der Waals surface area contributed by atoms with Crippen LogP contribution in [0.15, 0.2) is 9.31 Å². The lowest BCUT2D eigenvalue weighted by Crippen LogP contribution is -2.31. The number of aliphatic hydroxyl groups is 1. The van der Waals surface area contributed by atoms with Gasteiger partial charge in [0.05, 0.1) is 18.8 Å². The first kappa shape index (κ1) is 16.4. The summed E-state index contributed by atoms with van der Waals surface area (Å²) in [6, 6.07) is 0. The van der Waals surface area contributed by atoms with E-state index in [9.17, 15) is 13.5 Å². The van der Waals surface area contributed by atoms with Crippen LogP contribution in [0.25, 0.3) is 0 Å². The van der Waals surface area contributed by atoms with Crippen molar-refractivity contribution in [3.05, 3.63) is 17.1 Å². The molecule has 120 valence electrons. The predicted molar refractivity (Wildman–Crippen MR) is 74.5 cm³/mol. The van der Waals surface area contributed by atoms with Crippen molar-refractivity contribution in [2.75, 3.05) is 27.3 Å². The summed E-state index contributed by atoms with van der Waals surface area (Å²) in [6.45, 7) is 3.26. The zero-order valence-corrected chi connectivity index (χ0v) is 13.4. The number of ether oxygens (including phenoxy) is 2. The molecule has 0 radical (unpaired) electrons. The maximum atomic E-state index is 12.8. The number of nitrogens with zero attached hydrogens (tertiary/aromatic N) is 1. The molecule has 1 N–H and O–H groups in total. The fourth-order valence-electron chi connectivity index (χ4n) is 2.72. The van der Waals surface area contributed by atoms with E-state index in [1.807, 2.05) is 0 Å². The van der Waals surface area contributed by atoms with Crippen LogP contribution in [-0.4, -0.2) is 57.3 Å². The molecule has 0 saturated carbocycles. The summed E-state index contributed by atoms with van der Waals surface area (Å²) in [5.41, 5.74) is 0.308. The average molecular weight is 319 g/mol. The Morgan fingerprint density at radius 2 is 1.71 bits per heavy atom. The van der Waals surface area contributed by atoms with Crippen molar-refractivity contribution in [1.29, 1.82) is 0 Å². The molecule has 1 fully saturated rings. The molecular formula is C13H21NO6S. The van der Waals surface area contributed by atoms with Gasteiger partial charge in [0, 0.05) is 32.9 Å². The van der Waals surface area contributed by atoms with Gasteiger partial charge in [0.15, 0.2) is 0 Å². The molecule has 1 aromatic rings. The number of rotatable bonds is 5. The summed E-state index contributed by atoms with van der Waals surface area (Å²) in [6.07, 6.45) is -0.619. The molecule has 2 atom stereocenters. The molecule has 1 aliphatic heterocycles. The zero-order valence-electron chi connectivity index (χ0n) is 12.6. The van der Waals surface area contributed by atoms with Crippen LogP contribution in [-0.2, 0) is 26.1 Å². The van der Waals surface area contributed by atoms with Crippen LogP contribution >= 0.6 is 0 Å². The monoisotopic (exact) mass is 319 g/mol. The minimum absolute atomic E-state index is 0.0501. The van der Waals surface area contributed by atoms with Gasteiger partial charge in [0.25, 0.3) is 0 Å². The summed E-state index contributed by atoms with van der Waals surface area (Å²) in [7, 11) is -0.704. The van der Waals surface area contributed by atoms with Crippen molar-refractivity contribution in [3.63, 3.8) is 0 Å². The van der Waals surface area contributed by atoms with E-state index in [0.717, 1.165) is 0 Å². The molecule has 0 aliphatic carbocycles. The van der Waals surface area contributed by atoms with Gasteiger partial charge in [-0.2, -0.15) is 4.31 Å². The van der Waals surface area contributed by atoms with Gasteiger partial charge in [0.1, 0.15) is 16.4 Å². The van der Waals surface area contributed by atoms with E-state index in [0.29, 0.717) is 11.3 Å². The Morgan fingerprint density at radius 3 is 2.14 bits per heavy atom. The molecule has 0 aromatic carbocycles. The highest BCUT2D eigenvalue weighted by atomic mass is 32.2. The highest BCUT2D eigenvalue weighted by Gasteiger charge is 2.42. The predicted octanol–water partition coefficient (Wildman–Crippen LogP) is 0.423. The van der Waals surface area contributed by atoms with Crippen molar-refractivity contribution in [3.8, 4) is 0 Å². The Morgan fingerprint density at radius 1 is 1.19 bits per heavy atom. The topological polar surface area (TPSA) is 89.2 Å². The van der Waals surface area contributed by atoms with E-state index in [1.54, 1.807) is 13.8 Å². The summed E-state index contributed by atoms with van der Waals surface area (Å²) in [5.74, 6) is 0.700. The fourth-order valence-corrected chi connectivity index (χ4v) is 4.59. The van der Waals surface area contributed by atoms with Gasteiger partial charge in [-0.1, -0.05) is 0 Å². The molecule has 0 spiro atoms. The third-order valence-corrected chi connectivity index (χ3v) is 5.90. The van der Waals surface area contributed by atoms with Crippen molar-refractivity contribution in [2.24, 2.45) is 0 Å². The van der Waals surface area contributed by atoms with Crippen LogP contribution in [0.3, 0.4) is 0 Å². The van der Waals surface area contributed by atoms with Crippen LogP contribution < -0.4 is 0 Å². The maximum absolute atomic E-state index is 12.8. The first-order valence-corrected chi connectivity index (χ1v) is 8.06. The molecule has 2 unspecified atom stereocenters. The highest BCUT2D eigenvalue weighted by molar-refractivity contribution is 7.89. The molecule has 1 aliphatic rings. The van der Waals surface area contributed by atoms with Gasteiger partial charge < -0.3 is 19.0 Å². The lowest BCUT2D eigenvalue weighted by molar-refractivity contribution is -0.00461. The third-order valence-electron chi connectivity index (χ3n) is 3.87. The zero-order chi connectivity index (χ0) is 15.8. The number of furan rings is 1. The highest BCUT2D eigenvalue weighted by Crippen LogP contribution is 2.31. The summed E-state index contributed by atoms with van der Waals surface area (Å²) in [5, 5.41) is 9.42. The Bertz CT molecular complexity index is 596. The van der Waals surface area contributed by atoms with Crippen LogP contribution in [0.2, 0.25) is 0 Å². The van der Waals surface area contributed by atoms with Crippen molar-refractivity contribution >= 4 is 10.0 Å². The number of sulfonamides is 1. The van der Waals surface area contributed by atoms with E-state index >= 15 is 0 Å². The van der Waals surface area contributed by atoms with Gasteiger partial charge in [-0.25, -0.2) is 8.42 Å². The van der Waals surface area contributed by atoms with Crippen molar-refractivity contribution in [2.45, 2.75) is 37.6 Å². The molecule has 2 rings (SSSR count). The normalized spacial score (nSPS) is 23.9. The molecule has 7 nitrogen and oxygen atoms in total. The van der Waals surface area contributed by atoms with E-state index in [4.69, 9.17) is 13.9 Å². The Balaban J connectivity index is 2.40. The molecule has 1 saturated heterocycles. The van der Waals surface area contributed by atoms with Crippen molar-refractivity contribution in [1.82, 2.24) is 4.31 Å². The molecule has 8 heteroatoms. The van der Waals surface area contributed by atoms with Crippen LogP contribution in [0.1, 0.15) is 17.1 Å². The Labute approximate surface area is 124 Å². The minimum atomic E-state index is -3.76. The first-order valence-electron chi connectivity index (χ1n) is 6.62. The van der Waals surface area contributed by atoms with E-state index in [1.165, 1.54) is 18.5 Å². The Kier molecular flexibility index (Phi) is 4.74. The molecule has 0 amide bonds. The quantitative estimate of drug-likeness (QED) is 0.846. The Hall–Kier alpha value is -0.930. The molecule has 0 bridgehead atoms. The minimum Gasteiger partial charge on any atom is -0.465 e. The first-order chi connectivity index (χ1) is 9.86. The summed E-state index contributed by atoms with van der Waals surface area (Å²) >= 11 is 0. The van der Waals surface area contributed by atoms with Gasteiger partial charge in [-0.3, -0.25) is 0 Å². The smallest absolute Gasteiger partial charge is 0.247 e.